The number of morpholine rings is 1. The van der Waals surface area contributed by atoms with Crippen LogP contribution in [0.4, 0.5) is 0 Å². The average molecular weight is 582 g/mol. The first-order valence-corrected chi connectivity index (χ1v) is 14.3. The van der Waals surface area contributed by atoms with Crippen molar-refractivity contribution in [3.8, 4) is 0 Å². The van der Waals surface area contributed by atoms with Crippen LogP contribution in [-0.2, 0) is 47.5 Å². The molecule has 2 saturated carbocycles. The molecule has 9 atom stereocenters. The molecule has 0 aromatic heterocycles. The Morgan fingerprint density at radius 1 is 1.10 bits per heavy atom. The largest absolute Gasteiger partial charge is 0.458 e. The number of carbonyl (C=O) groups is 3. The molecule has 8 aliphatic rings. The minimum Gasteiger partial charge on any atom is -0.458 e. The van der Waals surface area contributed by atoms with Gasteiger partial charge in [-0.3, -0.25) is 9.69 Å². The normalized spacial score (nSPS) is 47.3. The molecule has 0 unspecified atom stereocenters. The van der Waals surface area contributed by atoms with Crippen molar-refractivity contribution in [2.24, 2.45) is 17.3 Å². The SMILES string of the molecule is CC(C)[C@]12O[C@H]1[C@@H]1O[C@]13[C@]1(O[C@H]1C[C@H]1C4=C(CC[C@@]13C)C(=O)OC4)[C@@H]2OC(=O)COC(=O)CN1CCOCC1.Cl. The van der Waals surface area contributed by atoms with E-state index in [0.717, 1.165) is 17.6 Å². The molecule has 4 saturated heterocycles. The second-order valence-electron chi connectivity index (χ2n) is 12.9. The van der Waals surface area contributed by atoms with Gasteiger partial charge < -0.3 is 33.2 Å². The van der Waals surface area contributed by atoms with Crippen LogP contribution in [0.5, 0.6) is 0 Å². The summed E-state index contributed by atoms with van der Waals surface area (Å²) in [6, 6.07) is 0. The molecule has 0 amide bonds. The van der Waals surface area contributed by atoms with Gasteiger partial charge in [-0.25, -0.2) is 9.59 Å². The van der Waals surface area contributed by atoms with Crippen LogP contribution in [-0.4, -0.2) is 110 Å². The molecule has 5 heterocycles. The summed E-state index contributed by atoms with van der Waals surface area (Å²) < 4.78 is 42.0. The lowest BCUT2D eigenvalue weighted by atomic mass is 9.46. The maximum atomic E-state index is 13.2. The number of ether oxygens (including phenoxy) is 7. The summed E-state index contributed by atoms with van der Waals surface area (Å²) in [6.07, 6.45) is 0.891. The highest BCUT2D eigenvalue weighted by Gasteiger charge is 3.01. The van der Waals surface area contributed by atoms with E-state index in [2.05, 4.69) is 20.8 Å². The number of cyclic esters (lactones) is 1. The first-order chi connectivity index (χ1) is 18.7. The third-order valence-electron chi connectivity index (χ3n) is 11.1. The van der Waals surface area contributed by atoms with Gasteiger partial charge in [0.25, 0.3) is 0 Å². The maximum absolute atomic E-state index is 13.2. The Balaban J connectivity index is 0.00000264. The topological polar surface area (TPSA) is 129 Å². The highest BCUT2D eigenvalue weighted by Crippen LogP contribution is 2.83. The van der Waals surface area contributed by atoms with E-state index in [-0.39, 0.29) is 60.5 Å². The molecule has 0 aromatic rings. The van der Waals surface area contributed by atoms with Gasteiger partial charge in [-0.2, -0.15) is 0 Å². The maximum Gasteiger partial charge on any atom is 0.344 e. The molecule has 3 aliphatic carbocycles. The van der Waals surface area contributed by atoms with Gasteiger partial charge in [0.2, 0.25) is 0 Å². The first-order valence-electron chi connectivity index (χ1n) is 14.3. The summed E-state index contributed by atoms with van der Waals surface area (Å²) >= 11 is 0. The second kappa shape index (κ2) is 8.64. The molecule has 0 radical (unpaired) electrons. The van der Waals surface area contributed by atoms with Crippen LogP contribution < -0.4 is 0 Å². The van der Waals surface area contributed by atoms with Gasteiger partial charge in [0, 0.05) is 24.1 Å². The number of rotatable bonds is 6. The third-order valence-corrected chi connectivity index (χ3v) is 11.1. The monoisotopic (exact) mass is 581 g/mol. The number of hydrogen-bond donors (Lipinski definition) is 0. The van der Waals surface area contributed by atoms with E-state index in [4.69, 9.17) is 33.2 Å². The number of hydrogen-bond acceptors (Lipinski definition) is 11. The number of halogens is 1. The van der Waals surface area contributed by atoms with Crippen LogP contribution in [0.25, 0.3) is 0 Å². The number of fused-ring (bicyclic) bond motifs is 4. The number of carbonyl (C=O) groups excluding carboxylic acids is 3. The van der Waals surface area contributed by atoms with Crippen molar-refractivity contribution in [2.45, 2.75) is 81.3 Å². The van der Waals surface area contributed by atoms with Crippen molar-refractivity contribution < 1.29 is 47.5 Å². The minimum atomic E-state index is -0.824. The fourth-order valence-electron chi connectivity index (χ4n) is 9.13. The summed E-state index contributed by atoms with van der Waals surface area (Å²) in [5.41, 5.74) is -0.621. The Morgan fingerprint density at radius 3 is 2.62 bits per heavy atom. The Kier molecular flexibility index (Phi) is 5.85. The van der Waals surface area contributed by atoms with E-state index in [1.165, 1.54) is 0 Å². The Labute approximate surface area is 238 Å². The highest BCUT2D eigenvalue weighted by molar-refractivity contribution is 5.92. The quantitative estimate of drug-likeness (QED) is 0.252. The van der Waals surface area contributed by atoms with Crippen LogP contribution in [0.3, 0.4) is 0 Å². The smallest absolute Gasteiger partial charge is 0.344 e. The third kappa shape index (κ3) is 3.17. The predicted molar refractivity (Wildman–Crippen MR) is 136 cm³/mol. The van der Waals surface area contributed by atoms with Crippen molar-refractivity contribution in [1.29, 1.82) is 0 Å². The van der Waals surface area contributed by atoms with Gasteiger partial charge in [0.05, 0.1) is 25.9 Å². The molecule has 2 spiro atoms. The molecule has 0 bridgehead atoms. The van der Waals surface area contributed by atoms with Crippen molar-refractivity contribution in [1.82, 2.24) is 4.90 Å². The van der Waals surface area contributed by atoms with Gasteiger partial charge in [-0.1, -0.05) is 20.8 Å². The fraction of sp³-hybridized carbons (Fsp3) is 0.821. The Bertz CT molecular complexity index is 1200. The molecule has 8 rings (SSSR count). The molecule has 0 aromatic carbocycles. The minimum absolute atomic E-state index is 0. The van der Waals surface area contributed by atoms with E-state index in [1.54, 1.807) is 0 Å². The lowest BCUT2D eigenvalue weighted by Gasteiger charge is -2.53. The van der Waals surface area contributed by atoms with Crippen LogP contribution >= 0.6 is 12.4 Å². The summed E-state index contributed by atoms with van der Waals surface area (Å²) in [4.78, 5) is 39.9. The summed E-state index contributed by atoms with van der Waals surface area (Å²) in [5, 5.41) is 0. The zero-order valence-electron chi connectivity index (χ0n) is 23.0. The number of epoxide rings is 3. The van der Waals surface area contributed by atoms with Crippen LogP contribution in [0, 0.1) is 17.3 Å². The number of nitrogens with zero attached hydrogens (tertiary/aromatic N) is 1. The fourth-order valence-corrected chi connectivity index (χ4v) is 9.13. The van der Waals surface area contributed by atoms with E-state index >= 15 is 0 Å². The molecular weight excluding hydrogens is 546 g/mol. The molecule has 11 nitrogen and oxygen atoms in total. The molecule has 6 fully saturated rings. The number of esters is 3. The van der Waals surface area contributed by atoms with Crippen molar-refractivity contribution in [2.75, 3.05) is 46.1 Å². The zero-order valence-corrected chi connectivity index (χ0v) is 23.8. The molecule has 12 heteroatoms. The molecule has 40 heavy (non-hydrogen) atoms. The lowest BCUT2D eigenvalue weighted by molar-refractivity contribution is -0.177. The lowest BCUT2D eigenvalue weighted by Crippen LogP contribution is -2.70. The van der Waals surface area contributed by atoms with Gasteiger partial charge in [-0.15, -0.1) is 12.4 Å². The van der Waals surface area contributed by atoms with Crippen molar-refractivity contribution >= 4 is 30.3 Å². The summed E-state index contributed by atoms with van der Waals surface area (Å²) in [6.45, 7) is 8.81. The van der Waals surface area contributed by atoms with Crippen molar-refractivity contribution in [3.05, 3.63) is 11.1 Å². The zero-order chi connectivity index (χ0) is 26.9. The van der Waals surface area contributed by atoms with Gasteiger partial charge in [-0.05, 0) is 36.7 Å². The predicted octanol–water partition coefficient (Wildman–Crippen LogP) is 0.951. The molecule has 220 valence electrons. The standard InChI is InChI=1S/C28H35NO10.ClH/c1-14(2)26-21(38-26)22-28(39-22)25(3)5-4-15-16(12-35-23(15)32)17(25)10-18-27(28,37-18)24(26)36-20(31)13-34-19(30)11-29-6-8-33-9-7-29;/h14,17-18,21-22,24H,4-13H2,1-3H3;1H/t17-,18-,21-,22-,24+,25-,26-,27+,28+;/m0./s1. The molecular formula is C28H36ClNO10. The van der Waals surface area contributed by atoms with Crippen LogP contribution in [0.2, 0.25) is 0 Å². The van der Waals surface area contributed by atoms with Gasteiger partial charge in [0.1, 0.15) is 30.0 Å². The molecule has 0 N–H and O–H groups in total. The summed E-state index contributed by atoms with van der Waals surface area (Å²) in [5.74, 6) is -1.13. The van der Waals surface area contributed by atoms with E-state index in [9.17, 15) is 14.4 Å². The average Bonchev–Trinajstić information content (AvgIpc) is 3.82. The first kappa shape index (κ1) is 27.1. The second-order valence-corrected chi connectivity index (χ2v) is 12.9. The Hall–Kier alpha value is -1.76. The van der Waals surface area contributed by atoms with Crippen LogP contribution in [0.15, 0.2) is 11.1 Å². The van der Waals surface area contributed by atoms with E-state index in [1.807, 2.05) is 4.90 Å². The van der Waals surface area contributed by atoms with Gasteiger partial charge >= 0.3 is 17.9 Å². The van der Waals surface area contributed by atoms with E-state index < -0.39 is 41.5 Å². The van der Waals surface area contributed by atoms with E-state index in [0.29, 0.717) is 45.8 Å². The van der Waals surface area contributed by atoms with Crippen molar-refractivity contribution in [3.63, 3.8) is 0 Å². The Morgan fingerprint density at radius 2 is 1.88 bits per heavy atom. The summed E-state index contributed by atoms with van der Waals surface area (Å²) in [7, 11) is 0. The van der Waals surface area contributed by atoms with Crippen LogP contribution in [0.1, 0.15) is 40.0 Å². The molecule has 5 aliphatic heterocycles. The van der Waals surface area contributed by atoms with Gasteiger partial charge in [0.15, 0.2) is 18.3 Å². The highest BCUT2D eigenvalue weighted by atomic mass is 35.5.